The molecule has 184 valence electrons. The summed E-state index contributed by atoms with van der Waals surface area (Å²) in [5.41, 5.74) is 8.33. The second-order valence-corrected chi connectivity index (χ2v) is 10.8. The first kappa shape index (κ1) is 23.6. The number of carbonyl (C=O) groups is 3. The topological polar surface area (TPSA) is 101 Å². The lowest BCUT2D eigenvalue weighted by Crippen LogP contribution is -2.54. The van der Waals surface area contributed by atoms with Gasteiger partial charge in [0.2, 0.25) is 5.91 Å². The van der Waals surface area contributed by atoms with Crippen molar-refractivity contribution in [1.29, 1.82) is 0 Å². The Kier molecular flexibility index (Phi) is 6.63. The van der Waals surface area contributed by atoms with E-state index in [2.05, 4.69) is 0 Å². The first-order valence-corrected chi connectivity index (χ1v) is 12.9. The van der Waals surface area contributed by atoms with Gasteiger partial charge in [-0.05, 0) is 91.4 Å². The highest BCUT2D eigenvalue weighted by molar-refractivity contribution is 5.97. The molecular weight excluding hydrogens is 440 g/mol. The number of carboxylic acid groups (broad SMARTS) is 1. The zero-order valence-corrected chi connectivity index (χ0v) is 20.0. The monoisotopic (exact) mass is 474 g/mol. The molecule has 4 bridgehead atoms. The Hall–Kier alpha value is -3.15. The fourth-order valence-corrected chi connectivity index (χ4v) is 7.23. The van der Waals surface area contributed by atoms with Crippen molar-refractivity contribution in [3.63, 3.8) is 0 Å². The third-order valence-corrected chi connectivity index (χ3v) is 8.67. The molecule has 0 spiro atoms. The minimum absolute atomic E-state index is 0.0335. The van der Waals surface area contributed by atoms with Crippen LogP contribution in [-0.4, -0.2) is 40.4 Å². The van der Waals surface area contributed by atoms with Crippen molar-refractivity contribution in [2.24, 2.45) is 35.3 Å². The largest absolute Gasteiger partial charge is 0.481 e. The van der Waals surface area contributed by atoms with Crippen LogP contribution in [0, 0.1) is 29.6 Å². The zero-order chi connectivity index (χ0) is 24.5. The highest BCUT2D eigenvalue weighted by Gasteiger charge is 2.49. The Morgan fingerprint density at radius 2 is 1.43 bits per heavy atom. The summed E-state index contributed by atoms with van der Waals surface area (Å²) in [6, 6.07) is 16.4. The van der Waals surface area contributed by atoms with Crippen LogP contribution in [0.25, 0.3) is 11.1 Å². The van der Waals surface area contributed by atoms with Gasteiger partial charge in [-0.15, -0.1) is 0 Å². The van der Waals surface area contributed by atoms with Crippen molar-refractivity contribution < 1.29 is 19.5 Å². The highest BCUT2D eigenvalue weighted by Crippen LogP contribution is 2.56. The van der Waals surface area contributed by atoms with E-state index in [0.29, 0.717) is 29.9 Å². The van der Waals surface area contributed by atoms with Crippen LogP contribution in [0.4, 0.5) is 0 Å². The predicted molar refractivity (Wildman–Crippen MR) is 133 cm³/mol. The fraction of sp³-hybridized carbons (Fsp3) is 0.483. The first-order valence-electron chi connectivity index (χ1n) is 12.9. The number of nitrogens with zero attached hydrogens (tertiary/aromatic N) is 1. The van der Waals surface area contributed by atoms with E-state index in [1.54, 1.807) is 17.0 Å². The second-order valence-electron chi connectivity index (χ2n) is 10.8. The number of amides is 2. The summed E-state index contributed by atoms with van der Waals surface area (Å²) < 4.78 is 0. The highest BCUT2D eigenvalue weighted by atomic mass is 16.4. The second kappa shape index (κ2) is 9.84. The van der Waals surface area contributed by atoms with Gasteiger partial charge in [0, 0.05) is 18.5 Å². The van der Waals surface area contributed by atoms with E-state index in [0.717, 1.165) is 23.0 Å². The van der Waals surface area contributed by atoms with Crippen LogP contribution >= 0.6 is 0 Å². The van der Waals surface area contributed by atoms with Crippen LogP contribution in [0.5, 0.6) is 0 Å². The summed E-state index contributed by atoms with van der Waals surface area (Å²) >= 11 is 0. The molecule has 0 heterocycles. The lowest BCUT2D eigenvalue weighted by atomic mass is 9.52. The summed E-state index contributed by atoms with van der Waals surface area (Å²) in [5, 5.41) is 9.25. The van der Waals surface area contributed by atoms with Crippen LogP contribution < -0.4 is 5.73 Å². The van der Waals surface area contributed by atoms with Crippen LogP contribution in [-0.2, 0) is 9.59 Å². The molecule has 0 aromatic heterocycles. The molecule has 4 aliphatic carbocycles. The normalized spacial score (nSPS) is 27.4. The molecule has 0 saturated heterocycles. The maximum Gasteiger partial charge on any atom is 0.303 e. The molecule has 0 unspecified atom stereocenters. The van der Waals surface area contributed by atoms with Gasteiger partial charge in [-0.3, -0.25) is 14.4 Å². The molecule has 4 saturated carbocycles. The van der Waals surface area contributed by atoms with Crippen LogP contribution in [0.3, 0.4) is 0 Å². The first-order chi connectivity index (χ1) is 16.9. The molecule has 1 atom stereocenters. The molecular formula is C29H34N2O4. The minimum Gasteiger partial charge on any atom is -0.481 e. The number of aliphatic carboxylic acids is 1. The zero-order valence-electron chi connectivity index (χ0n) is 20.0. The molecule has 4 fully saturated rings. The molecule has 0 aliphatic heterocycles. The standard InChI is InChI=1S/C29H34N2O4/c30-28(34)26(10-11-27(32)33)31(17-25-23-13-18-12-19(15-23)16-24(25)14-18)29(35)22-8-6-21(7-9-22)20-4-2-1-3-5-20/h1-9,18-19,23-26H,10-17H2,(H2,30,34)(H,32,33)/t18?,19?,23?,24?,25?,26-/m0/s1. The molecule has 2 aromatic rings. The minimum atomic E-state index is -0.995. The maximum atomic E-state index is 13.8. The number of carboxylic acids is 1. The third kappa shape index (κ3) is 4.97. The Morgan fingerprint density at radius 1 is 0.857 bits per heavy atom. The molecule has 4 aliphatic rings. The van der Waals surface area contributed by atoms with E-state index in [-0.39, 0.29) is 18.7 Å². The van der Waals surface area contributed by atoms with E-state index in [9.17, 15) is 19.5 Å². The van der Waals surface area contributed by atoms with Gasteiger partial charge in [0.05, 0.1) is 0 Å². The average Bonchev–Trinajstić information content (AvgIpc) is 2.84. The van der Waals surface area contributed by atoms with Crippen LogP contribution in [0.2, 0.25) is 0 Å². The molecule has 3 N–H and O–H groups in total. The maximum absolute atomic E-state index is 13.8. The lowest BCUT2D eigenvalue weighted by molar-refractivity contribution is -0.137. The predicted octanol–water partition coefficient (Wildman–Crippen LogP) is 4.59. The number of rotatable bonds is 9. The van der Waals surface area contributed by atoms with Crippen molar-refractivity contribution >= 4 is 17.8 Å². The Morgan fingerprint density at radius 3 is 1.97 bits per heavy atom. The Balaban J connectivity index is 1.41. The summed E-state index contributed by atoms with van der Waals surface area (Å²) in [6.07, 6.45) is 6.02. The van der Waals surface area contributed by atoms with E-state index in [4.69, 9.17) is 5.73 Å². The van der Waals surface area contributed by atoms with Gasteiger partial charge in [-0.1, -0.05) is 42.5 Å². The number of hydrogen-bond acceptors (Lipinski definition) is 3. The summed E-state index contributed by atoms with van der Waals surface area (Å²) in [4.78, 5) is 39.2. The summed E-state index contributed by atoms with van der Waals surface area (Å²) in [6.45, 7) is 0.473. The molecule has 6 rings (SSSR count). The molecule has 2 aromatic carbocycles. The van der Waals surface area contributed by atoms with Gasteiger partial charge in [0.25, 0.3) is 5.91 Å². The van der Waals surface area contributed by atoms with Gasteiger partial charge in [-0.2, -0.15) is 0 Å². The van der Waals surface area contributed by atoms with Crippen molar-refractivity contribution in [2.45, 2.75) is 51.0 Å². The van der Waals surface area contributed by atoms with Crippen molar-refractivity contribution in [3.8, 4) is 11.1 Å². The van der Waals surface area contributed by atoms with Crippen molar-refractivity contribution in [1.82, 2.24) is 4.90 Å². The van der Waals surface area contributed by atoms with Gasteiger partial charge in [-0.25, -0.2) is 0 Å². The Bertz CT molecular complexity index is 1050. The molecule has 6 heteroatoms. The summed E-state index contributed by atoms with van der Waals surface area (Å²) in [7, 11) is 0. The van der Waals surface area contributed by atoms with Gasteiger partial charge in [0.1, 0.15) is 6.04 Å². The quantitative estimate of drug-likeness (QED) is 0.555. The van der Waals surface area contributed by atoms with E-state index in [1.165, 1.54) is 32.1 Å². The van der Waals surface area contributed by atoms with Gasteiger partial charge >= 0.3 is 5.97 Å². The fourth-order valence-electron chi connectivity index (χ4n) is 7.23. The molecule has 2 amide bonds. The Labute approximate surface area is 206 Å². The van der Waals surface area contributed by atoms with E-state index >= 15 is 0 Å². The number of carbonyl (C=O) groups excluding carboxylic acids is 2. The number of benzene rings is 2. The van der Waals surface area contributed by atoms with E-state index in [1.807, 2.05) is 42.5 Å². The SMILES string of the molecule is NC(=O)[C@H](CCC(=O)O)N(CC1C2CC3CC(C2)CC1C3)C(=O)c1ccc(-c2ccccc2)cc1. The lowest BCUT2D eigenvalue weighted by Gasteiger charge is -2.55. The summed E-state index contributed by atoms with van der Waals surface area (Å²) in [5.74, 6) is 1.25. The van der Waals surface area contributed by atoms with Crippen molar-refractivity contribution in [2.75, 3.05) is 6.54 Å². The number of nitrogens with two attached hydrogens (primary N) is 1. The third-order valence-electron chi connectivity index (χ3n) is 8.67. The van der Waals surface area contributed by atoms with Crippen LogP contribution in [0.15, 0.2) is 54.6 Å². The smallest absolute Gasteiger partial charge is 0.303 e. The molecule has 0 radical (unpaired) electrons. The van der Waals surface area contributed by atoms with E-state index < -0.39 is 17.9 Å². The van der Waals surface area contributed by atoms with Gasteiger partial charge in [0.15, 0.2) is 0 Å². The van der Waals surface area contributed by atoms with Crippen LogP contribution in [0.1, 0.15) is 55.3 Å². The number of primary amides is 1. The molecule has 6 nitrogen and oxygen atoms in total. The van der Waals surface area contributed by atoms with Crippen molar-refractivity contribution in [3.05, 3.63) is 60.2 Å². The number of hydrogen-bond donors (Lipinski definition) is 2. The molecule has 35 heavy (non-hydrogen) atoms. The average molecular weight is 475 g/mol. The van der Waals surface area contributed by atoms with Gasteiger partial charge < -0.3 is 15.7 Å².